The van der Waals surface area contributed by atoms with E-state index in [1.807, 2.05) is 48.0 Å². The fourth-order valence-corrected chi connectivity index (χ4v) is 3.27. The molecule has 1 aromatic heterocycles. The Hall–Kier alpha value is -2.16. The zero-order valence-corrected chi connectivity index (χ0v) is 17.4. The lowest BCUT2D eigenvalue weighted by Gasteiger charge is -2.04. The largest absolute Gasteiger partial charge is 0.305 e. The van der Waals surface area contributed by atoms with Crippen LogP contribution in [0.4, 0.5) is 0 Å². The van der Waals surface area contributed by atoms with Gasteiger partial charge in [-0.15, -0.1) is 10.2 Å². The maximum Gasteiger partial charge on any atom is 0.250 e. The molecule has 0 bridgehead atoms. The maximum absolute atomic E-state index is 12.0. The quantitative estimate of drug-likeness (QED) is 0.338. The number of thioether (sulfide) groups is 1. The molecule has 138 valence electrons. The van der Waals surface area contributed by atoms with Crippen molar-refractivity contribution in [3.8, 4) is 11.4 Å². The summed E-state index contributed by atoms with van der Waals surface area (Å²) in [5.74, 6) is 0.703. The van der Waals surface area contributed by atoms with Crippen molar-refractivity contribution in [1.29, 1.82) is 0 Å². The first-order chi connectivity index (χ1) is 13.0. The number of benzene rings is 2. The van der Waals surface area contributed by atoms with Crippen LogP contribution in [0.25, 0.3) is 11.4 Å². The summed E-state index contributed by atoms with van der Waals surface area (Å²) < 4.78 is 2.86. The van der Waals surface area contributed by atoms with Gasteiger partial charge in [0.05, 0.1) is 12.0 Å². The molecule has 27 heavy (non-hydrogen) atoms. The summed E-state index contributed by atoms with van der Waals surface area (Å²) in [4.78, 5) is 12.0. The molecule has 1 heterocycles. The number of rotatable bonds is 6. The molecule has 0 fully saturated rings. The molecule has 3 rings (SSSR count). The molecule has 3 aromatic rings. The molecule has 6 nitrogen and oxygen atoms in total. The van der Waals surface area contributed by atoms with Crippen molar-refractivity contribution in [2.24, 2.45) is 12.1 Å². The van der Waals surface area contributed by atoms with Gasteiger partial charge in [0.1, 0.15) is 0 Å². The lowest BCUT2D eigenvalue weighted by atomic mass is 10.2. The highest BCUT2D eigenvalue weighted by Gasteiger charge is 2.12. The monoisotopic (exact) mass is 463 g/mol. The summed E-state index contributed by atoms with van der Waals surface area (Å²) in [6.45, 7) is 0. The minimum absolute atomic E-state index is 0.185. The first kappa shape index (κ1) is 19.6. The number of hydrazone groups is 1. The average Bonchev–Trinajstić information content (AvgIpc) is 3.03. The van der Waals surface area contributed by atoms with Crippen molar-refractivity contribution in [3.05, 3.63) is 63.6 Å². The summed E-state index contributed by atoms with van der Waals surface area (Å²) in [5.41, 5.74) is 4.30. The van der Waals surface area contributed by atoms with Gasteiger partial charge in [-0.05, 0) is 29.8 Å². The first-order valence-electron chi connectivity index (χ1n) is 7.88. The van der Waals surface area contributed by atoms with Gasteiger partial charge in [-0.2, -0.15) is 5.10 Å². The third-order valence-corrected chi connectivity index (χ3v) is 5.34. The van der Waals surface area contributed by atoms with Gasteiger partial charge in [0.2, 0.25) is 0 Å². The maximum atomic E-state index is 12.0. The average molecular weight is 465 g/mol. The molecule has 0 aliphatic carbocycles. The topological polar surface area (TPSA) is 72.2 Å². The van der Waals surface area contributed by atoms with Crippen LogP contribution in [0.15, 0.2) is 63.3 Å². The fourth-order valence-electron chi connectivity index (χ4n) is 2.18. The Morgan fingerprint density at radius 3 is 2.63 bits per heavy atom. The van der Waals surface area contributed by atoms with Crippen LogP contribution in [0.5, 0.6) is 0 Å². The summed E-state index contributed by atoms with van der Waals surface area (Å²) in [7, 11) is 1.87. The van der Waals surface area contributed by atoms with Crippen LogP contribution in [0.3, 0.4) is 0 Å². The van der Waals surface area contributed by atoms with E-state index in [-0.39, 0.29) is 11.7 Å². The molecule has 1 N–H and O–H groups in total. The smallest absolute Gasteiger partial charge is 0.250 e. The highest BCUT2D eigenvalue weighted by molar-refractivity contribution is 9.10. The van der Waals surface area contributed by atoms with E-state index < -0.39 is 0 Å². The van der Waals surface area contributed by atoms with Crippen molar-refractivity contribution in [3.63, 3.8) is 0 Å². The van der Waals surface area contributed by atoms with E-state index in [0.717, 1.165) is 21.4 Å². The Labute approximate surface area is 174 Å². The van der Waals surface area contributed by atoms with E-state index in [9.17, 15) is 4.79 Å². The van der Waals surface area contributed by atoms with Crippen LogP contribution in [0.2, 0.25) is 5.02 Å². The van der Waals surface area contributed by atoms with Crippen molar-refractivity contribution in [2.75, 3.05) is 5.75 Å². The standard InChI is InChI=1S/C18H15BrClN5OS/c1-25-17(13-4-6-14(19)7-5-13)23-24-18(25)27-11-16(26)22-21-10-12-2-8-15(20)9-3-12/h2-10H,11H2,1H3,(H,22,26). The number of nitrogens with zero attached hydrogens (tertiary/aromatic N) is 4. The van der Waals surface area contributed by atoms with E-state index in [2.05, 4.69) is 36.7 Å². The number of aromatic nitrogens is 3. The molecule has 0 spiro atoms. The van der Waals surface area contributed by atoms with Crippen molar-refractivity contribution >= 4 is 51.4 Å². The van der Waals surface area contributed by atoms with Crippen molar-refractivity contribution < 1.29 is 4.79 Å². The van der Waals surface area contributed by atoms with Crippen molar-refractivity contribution in [2.45, 2.75) is 5.16 Å². The Morgan fingerprint density at radius 2 is 1.93 bits per heavy atom. The summed E-state index contributed by atoms with van der Waals surface area (Å²) in [5, 5.41) is 13.6. The van der Waals surface area contributed by atoms with E-state index in [0.29, 0.717) is 10.2 Å². The zero-order chi connectivity index (χ0) is 19.2. The van der Waals surface area contributed by atoms with Crippen LogP contribution >= 0.6 is 39.3 Å². The number of carbonyl (C=O) groups is 1. The molecular formula is C18H15BrClN5OS. The molecule has 0 saturated heterocycles. The predicted molar refractivity (Wildman–Crippen MR) is 112 cm³/mol. The molecule has 9 heteroatoms. The van der Waals surface area contributed by atoms with Crippen molar-refractivity contribution in [1.82, 2.24) is 20.2 Å². The van der Waals surface area contributed by atoms with Crippen LogP contribution in [0, 0.1) is 0 Å². The van der Waals surface area contributed by atoms with Crippen LogP contribution < -0.4 is 5.43 Å². The van der Waals surface area contributed by atoms with Gasteiger partial charge in [-0.3, -0.25) is 4.79 Å². The van der Waals surface area contributed by atoms with Crippen LogP contribution in [-0.2, 0) is 11.8 Å². The molecular weight excluding hydrogens is 450 g/mol. The second-order valence-corrected chi connectivity index (χ2v) is 7.80. The van der Waals surface area contributed by atoms with Gasteiger partial charge in [-0.1, -0.05) is 63.6 Å². The molecule has 1 amide bonds. The number of halogens is 2. The highest BCUT2D eigenvalue weighted by atomic mass is 79.9. The highest BCUT2D eigenvalue weighted by Crippen LogP contribution is 2.23. The second-order valence-electron chi connectivity index (χ2n) is 5.51. The normalized spacial score (nSPS) is 11.1. The second kappa shape index (κ2) is 9.16. The number of nitrogens with one attached hydrogen (secondary N) is 1. The summed E-state index contributed by atoms with van der Waals surface area (Å²) in [6.07, 6.45) is 1.56. The molecule has 2 aromatic carbocycles. The van der Waals surface area contributed by atoms with Gasteiger partial charge < -0.3 is 4.57 Å². The Bertz CT molecular complexity index is 957. The first-order valence-corrected chi connectivity index (χ1v) is 10.0. The summed E-state index contributed by atoms with van der Waals surface area (Å²) in [6, 6.07) is 15.0. The third-order valence-electron chi connectivity index (χ3n) is 3.54. The zero-order valence-electron chi connectivity index (χ0n) is 14.3. The van der Waals surface area contributed by atoms with Crippen LogP contribution in [-0.4, -0.2) is 32.6 Å². The minimum Gasteiger partial charge on any atom is -0.305 e. The number of hydrogen-bond acceptors (Lipinski definition) is 5. The number of amides is 1. The summed E-state index contributed by atoms with van der Waals surface area (Å²) >= 11 is 10.5. The van der Waals surface area contributed by atoms with Crippen LogP contribution in [0.1, 0.15) is 5.56 Å². The van der Waals surface area contributed by atoms with Gasteiger partial charge in [0.25, 0.3) is 5.91 Å². The van der Waals surface area contributed by atoms with Gasteiger partial charge in [0.15, 0.2) is 11.0 Å². The molecule has 0 aliphatic rings. The molecule has 0 saturated carbocycles. The van der Waals surface area contributed by atoms with E-state index in [1.54, 1.807) is 18.3 Å². The van der Waals surface area contributed by atoms with E-state index in [1.165, 1.54) is 11.8 Å². The minimum atomic E-state index is -0.224. The van der Waals surface area contributed by atoms with Gasteiger partial charge in [-0.25, -0.2) is 5.43 Å². The Balaban J connectivity index is 1.54. The van der Waals surface area contributed by atoms with Gasteiger partial charge >= 0.3 is 0 Å². The molecule has 0 atom stereocenters. The van der Waals surface area contributed by atoms with E-state index >= 15 is 0 Å². The Kier molecular flexibility index (Phi) is 6.65. The number of carbonyl (C=O) groups excluding carboxylic acids is 1. The van der Waals surface area contributed by atoms with E-state index in [4.69, 9.17) is 11.6 Å². The van der Waals surface area contributed by atoms with Gasteiger partial charge in [0, 0.05) is 22.1 Å². The Morgan fingerprint density at radius 1 is 1.22 bits per heavy atom. The molecule has 0 aliphatic heterocycles. The molecule has 0 radical (unpaired) electrons. The molecule has 0 unspecified atom stereocenters. The SMILES string of the molecule is Cn1c(SCC(=O)NN=Cc2ccc(Cl)cc2)nnc1-c1ccc(Br)cc1. The third kappa shape index (κ3) is 5.41. The predicted octanol–water partition coefficient (Wildman–Crippen LogP) is 4.14. The number of hydrogen-bond donors (Lipinski definition) is 1. The lowest BCUT2D eigenvalue weighted by Crippen LogP contribution is -2.19. The fraction of sp³-hybridized carbons (Fsp3) is 0.111. The lowest BCUT2D eigenvalue weighted by molar-refractivity contribution is -0.118.